The molecule has 1 aromatic heterocycles. The molecule has 2 aromatic rings. The van der Waals surface area contributed by atoms with Crippen molar-refractivity contribution in [2.45, 2.75) is 13.5 Å². The molecule has 0 saturated carbocycles. The Hall–Kier alpha value is -1.76. The number of halogens is 1. The van der Waals surface area contributed by atoms with Crippen LogP contribution < -0.4 is 4.90 Å². The predicted molar refractivity (Wildman–Crippen MR) is 102 cm³/mol. The maximum Gasteiger partial charge on any atom is 0.246 e. The molecule has 0 atom stereocenters. The van der Waals surface area contributed by atoms with Crippen molar-refractivity contribution in [1.29, 1.82) is 0 Å². The minimum absolute atomic E-state index is 0.0180. The molecular weight excluding hydrogens is 403 g/mol. The quantitative estimate of drug-likeness (QED) is 0.520. The Kier molecular flexibility index (Phi) is 6.27. The number of furan rings is 1. The van der Waals surface area contributed by atoms with Gasteiger partial charge in [-0.3, -0.25) is 4.79 Å². The number of amides is 1. The van der Waals surface area contributed by atoms with Crippen molar-refractivity contribution in [1.82, 2.24) is 4.90 Å². The average Bonchev–Trinajstić information content (AvgIpc) is 2.96. The first-order chi connectivity index (χ1) is 11.0. The maximum atomic E-state index is 12.3. The van der Waals surface area contributed by atoms with E-state index >= 15 is 0 Å². The summed E-state index contributed by atoms with van der Waals surface area (Å²) in [6.07, 6.45) is 3.27. The van der Waals surface area contributed by atoms with Crippen molar-refractivity contribution in [3.8, 4) is 0 Å². The Morgan fingerprint density at radius 3 is 2.39 bits per heavy atom. The van der Waals surface area contributed by atoms with Gasteiger partial charge in [0.2, 0.25) is 5.91 Å². The molecule has 0 bridgehead atoms. The van der Waals surface area contributed by atoms with Crippen LogP contribution in [0.1, 0.15) is 18.2 Å². The SMILES string of the molecule is CCN(Cc1ccc(N(C)C)cc1)C(=O)/C=C/c1ccc(I)o1. The fourth-order valence-electron chi connectivity index (χ4n) is 2.14. The van der Waals surface area contributed by atoms with Crippen LogP contribution in [-0.2, 0) is 11.3 Å². The highest BCUT2D eigenvalue weighted by molar-refractivity contribution is 14.1. The van der Waals surface area contributed by atoms with E-state index in [-0.39, 0.29) is 5.91 Å². The van der Waals surface area contributed by atoms with E-state index in [1.165, 1.54) is 0 Å². The second kappa shape index (κ2) is 8.19. The zero-order valence-electron chi connectivity index (χ0n) is 13.6. The maximum absolute atomic E-state index is 12.3. The first-order valence-corrected chi connectivity index (χ1v) is 8.56. The van der Waals surface area contributed by atoms with Gasteiger partial charge in [0.25, 0.3) is 0 Å². The summed E-state index contributed by atoms with van der Waals surface area (Å²) in [7, 11) is 4.02. The highest BCUT2D eigenvalue weighted by atomic mass is 127. The second-order valence-corrected chi connectivity index (χ2v) is 6.45. The molecule has 0 fully saturated rings. The van der Waals surface area contributed by atoms with Crippen LogP contribution in [0.2, 0.25) is 0 Å². The summed E-state index contributed by atoms with van der Waals surface area (Å²) in [6, 6.07) is 12.0. The number of rotatable bonds is 6. The topological polar surface area (TPSA) is 36.7 Å². The predicted octanol–water partition coefficient (Wildman–Crippen LogP) is 4.01. The van der Waals surface area contributed by atoms with Crippen molar-refractivity contribution in [2.24, 2.45) is 0 Å². The first kappa shape index (κ1) is 17.6. The standard InChI is InChI=1S/C18H21IN2O2/c1-4-21(13-14-5-7-15(8-6-14)20(2)3)18(22)12-10-16-9-11-17(19)23-16/h5-12H,4,13H2,1-3H3/b12-10+. The molecule has 23 heavy (non-hydrogen) atoms. The van der Waals surface area contributed by atoms with Crippen LogP contribution >= 0.6 is 22.6 Å². The lowest BCUT2D eigenvalue weighted by atomic mass is 10.2. The normalized spacial score (nSPS) is 11.0. The van der Waals surface area contributed by atoms with Crippen molar-refractivity contribution in [3.05, 3.63) is 57.6 Å². The van der Waals surface area contributed by atoms with Crippen LogP contribution in [0.15, 0.2) is 46.9 Å². The fraction of sp³-hybridized carbons (Fsp3) is 0.278. The third-order valence-electron chi connectivity index (χ3n) is 3.50. The zero-order valence-corrected chi connectivity index (χ0v) is 15.8. The van der Waals surface area contributed by atoms with Gasteiger partial charge in [0, 0.05) is 38.9 Å². The van der Waals surface area contributed by atoms with Gasteiger partial charge in [-0.05, 0) is 65.4 Å². The second-order valence-electron chi connectivity index (χ2n) is 5.39. The number of anilines is 1. The molecule has 4 nitrogen and oxygen atoms in total. The zero-order chi connectivity index (χ0) is 16.8. The van der Waals surface area contributed by atoms with E-state index in [1.807, 2.05) is 33.2 Å². The van der Waals surface area contributed by atoms with Gasteiger partial charge in [0.15, 0.2) is 3.77 Å². The number of carbonyl (C=O) groups excluding carboxylic acids is 1. The number of benzene rings is 1. The van der Waals surface area contributed by atoms with Crippen molar-refractivity contribution >= 4 is 40.3 Å². The van der Waals surface area contributed by atoms with Crippen LogP contribution in [0.4, 0.5) is 5.69 Å². The van der Waals surface area contributed by atoms with Gasteiger partial charge >= 0.3 is 0 Å². The Labute approximate surface area is 150 Å². The largest absolute Gasteiger partial charge is 0.451 e. The Morgan fingerprint density at radius 1 is 1.17 bits per heavy atom. The van der Waals surface area contributed by atoms with Crippen LogP contribution in [0, 0.1) is 3.77 Å². The molecule has 1 aromatic carbocycles. The van der Waals surface area contributed by atoms with Gasteiger partial charge in [0.05, 0.1) is 0 Å². The van der Waals surface area contributed by atoms with Crippen LogP contribution in [-0.4, -0.2) is 31.4 Å². The molecular formula is C18H21IN2O2. The summed E-state index contributed by atoms with van der Waals surface area (Å²) in [5.41, 5.74) is 2.27. The lowest BCUT2D eigenvalue weighted by molar-refractivity contribution is -0.126. The van der Waals surface area contributed by atoms with E-state index < -0.39 is 0 Å². The molecule has 1 heterocycles. The van der Waals surface area contributed by atoms with E-state index in [9.17, 15) is 4.79 Å². The molecule has 0 unspecified atom stereocenters. The molecule has 0 aliphatic rings. The van der Waals surface area contributed by atoms with Crippen molar-refractivity contribution in [2.75, 3.05) is 25.5 Å². The molecule has 0 aliphatic heterocycles. The number of nitrogens with zero attached hydrogens (tertiary/aromatic N) is 2. The monoisotopic (exact) mass is 424 g/mol. The molecule has 0 spiro atoms. The first-order valence-electron chi connectivity index (χ1n) is 7.48. The summed E-state index contributed by atoms with van der Waals surface area (Å²) in [6.45, 7) is 3.24. The van der Waals surface area contributed by atoms with Gasteiger partial charge in [-0.15, -0.1) is 0 Å². The Morgan fingerprint density at radius 2 is 1.87 bits per heavy atom. The van der Waals surface area contributed by atoms with E-state index in [0.717, 1.165) is 15.0 Å². The summed E-state index contributed by atoms with van der Waals surface area (Å²) in [4.78, 5) is 16.2. The lowest BCUT2D eigenvalue weighted by Gasteiger charge is -2.20. The van der Waals surface area contributed by atoms with Crippen molar-refractivity contribution < 1.29 is 9.21 Å². The molecule has 0 radical (unpaired) electrons. The van der Waals surface area contributed by atoms with Gasteiger partial charge in [-0.25, -0.2) is 0 Å². The molecule has 0 N–H and O–H groups in total. The van der Waals surface area contributed by atoms with E-state index in [1.54, 1.807) is 17.1 Å². The fourth-order valence-corrected chi connectivity index (χ4v) is 2.58. The average molecular weight is 424 g/mol. The van der Waals surface area contributed by atoms with Gasteiger partial charge in [-0.2, -0.15) is 0 Å². The van der Waals surface area contributed by atoms with Crippen LogP contribution in [0.3, 0.4) is 0 Å². The summed E-state index contributed by atoms with van der Waals surface area (Å²) < 4.78 is 6.23. The number of hydrogen-bond donors (Lipinski definition) is 0. The number of hydrogen-bond acceptors (Lipinski definition) is 3. The molecule has 2 rings (SSSR count). The van der Waals surface area contributed by atoms with Crippen LogP contribution in [0.25, 0.3) is 6.08 Å². The van der Waals surface area contributed by atoms with Crippen LogP contribution in [0.5, 0.6) is 0 Å². The van der Waals surface area contributed by atoms with Gasteiger partial charge in [0.1, 0.15) is 5.76 Å². The lowest BCUT2D eigenvalue weighted by Crippen LogP contribution is -2.28. The minimum atomic E-state index is -0.0180. The molecule has 0 aliphatic carbocycles. The number of likely N-dealkylation sites (N-methyl/N-ethyl adjacent to an activating group) is 1. The highest BCUT2D eigenvalue weighted by Crippen LogP contribution is 2.15. The molecule has 1 amide bonds. The van der Waals surface area contributed by atoms with E-state index in [4.69, 9.17) is 4.42 Å². The van der Waals surface area contributed by atoms with Crippen molar-refractivity contribution in [3.63, 3.8) is 0 Å². The summed E-state index contributed by atoms with van der Waals surface area (Å²) in [5, 5.41) is 0. The Balaban J connectivity index is 2.01. The summed E-state index contributed by atoms with van der Waals surface area (Å²) in [5.74, 6) is 0.671. The Bertz CT molecular complexity index is 675. The third kappa shape index (κ3) is 5.13. The highest BCUT2D eigenvalue weighted by Gasteiger charge is 2.09. The van der Waals surface area contributed by atoms with Gasteiger partial charge in [-0.1, -0.05) is 12.1 Å². The molecule has 122 valence electrons. The minimum Gasteiger partial charge on any atom is -0.451 e. The van der Waals surface area contributed by atoms with E-state index in [2.05, 4.69) is 51.8 Å². The third-order valence-corrected chi connectivity index (χ3v) is 4.08. The summed E-state index contributed by atoms with van der Waals surface area (Å²) >= 11 is 2.10. The van der Waals surface area contributed by atoms with E-state index in [0.29, 0.717) is 18.8 Å². The number of carbonyl (C=O) groups is 1. The smallest absolute Gasteiger partial charge is 0.246 e. The van der Waals surface area contributed by atoms with Gasteiger partial charge < -0.3 is 14.2 Å². The molecule has 5 heteroatoms. The molecule has 0 saturated heterocycles.